The fraction of sp³-hybridized carbons (Fsp3) is 0.550. The van der Waals surface area contributed by atoms with Crippen molar-refractivity contribution in [2.45, 2.75) is 59.3 Å². The molecule has 0 saturated heterocycles. The standard InChI is InChI=1S/C20H30O3/c1-9-23-17(21)11-10-14-12-15(19(2,3)4)13-16(18(14)22-8)20(5,6)7/h10-13H,9H2,1-8H3. The van der Waals surface area contributed by atoms with Crippen LogP contribution in [0.4, 0.5) is 0 Å². The minimum atomic E-state index is -0.340. The van der Waals surface area contributed by atoms with Crippen LogP contribution in [0.1, 0.15) is 65.2 Å². The van der Waals surface area contributed by atoms with Crippen molar-refractivity contribution in [3.8, 4) is 5.75 Å². The summed E-state index contributed by atoms with van der Waals surface area (Å²) < 4.78 is 10.6. The van der Waals surface area contributed by atoms with Crippen LogP contribution in [-0.4, -0.2) is 19.7 Å². The number of ether oxygens (including phenoxy) is 2. The van der Waals surface area contributed by atoms with Gasteiger partial charge in [0.25, 0.3) is 0 Å². The summed E-state index contributed by atoms with van der Waals surface area (Å²) >= 11 is 0. The SMILES string of the molecule is CCOC(=O)C=Cc1cc(C(C)(C)C)cc(C(C)(C)C)c1OC. The quantitative estimate of drug-likeness (QED) is 0.587. The van der Waals surface area contributed by atoms with E-state index in [2.05, 4.69) is 53.7 Å². The highest BCUT2D eigenvalue weighted by Gasteiger charge is 2.25. The molecule has 1 rings (SSSR count). The number of methoxy groups -OCH3 is 1. The van der Waals surface area contributed by atoms with E-state index in [1.807, 2.05) is 0 Å². The summed E-state index contributed by atoms with van der Waals surface area (Å²) in [5.41, 5.74) is 3.21. The maximum absolute atomic E-state index is 11.6. The zero-order chi connectivity index (χ0) is 17.8. The maximum atomic E-state index is 11.6. The molecule has 0 amide bonds. The van der Waals surface area contributed by atoms with Gasteiger partial charge in [0.05, 0.1) is 13.7 Å². The summed E-state index contributed by atoms with van der Waals surface area (Å²) in [7, 11) is 1.67. The van der Waals surface area contributed by atoms with Gasteiger partial charge >= 0.3 is 5.97 Å². The van der Waals surface area contributed by atoms with E-state index in [1.54, 1.807) is 20.1 Å². The molecule has 0 atom stereocenters. The maximum Gasteiger partial charge on any atom is 0.330 e. The molecule has 3 nitrogen and oxygen atoms in total. The predicted molar refractivity (Wildman–Crippen MR) is 96.1 cm³/mol. The average molecular weight is 318 g/mol. The van der Waals surface area contributed by atoms with Crippen molar-refractivity contribution >= 4 is 12.0 Å². The van der Waals surface area contributed by atoms with Gasteiger partial charge in [-0.15, -0.1) is 0 Å². The molecular weight excluding hydrogens is 288 g/mol. The van der Waals surface area contributed by atoms with E-state index < -0.39 is 0 Å². The first-order valence-corrected chi connectivity index (χ1v) is 8.08. The second-order valence-electron chi connectivity index (χ2n) is 7.73. The molecule has 128 valence electrons. The van der Waals surface area contributed by atoms with Gasteiger partial charge in [0.1, 0.15) is 5.75 Å². The van der Waals surface area contributed by atoms with Crippen LogP contribution < -0.4 is 4.74 Å². The van der Waals surface area contributed by atoms with Crippen molar-refractivity contribution in [1.29, 1.82) is 0 Å². The Morgan fingerprint density at radius 2 is 1.70 bits per heavy atom. The number of esters is 1. The van der Waals surface area contributed by atoms with Gasteiger partial charge in [0.2, 0.25) is 0 Å². The van der Waals surface area contributed by atoms with Crippen LogP contribution in [0.2, 0.25) is 0 Å². The molecule has 0 aliphatic rings. The van der Waals surface area contributed by atoms with Crippen molar-refractivity contribution in [3.63, 3.8) is 0 Å². The lowest BCUT2D eigenvalue weighted by atomic mass is 9.79. The summed E-state index contributed by atoms with van der Waals surface area (Å²) in [6.45, 7) is 15.2. The predicted octanol–water partition coefficient (Wildman–Crippen LogP) is 4.87. The van der Waals surface area contributed by atoms with Crippen LogP contribution in [0.25, 0.3) is 6.08 Å². The first-order chi connectivity index (χ1) is 10.5. The second kappa shape index (κ2) is 7.20. The lowest BCUT2D eigenvalue weighted by Crippen LogP contribution is -2.18. The number of carbonyl (C=O) groups excluding carboxylic acids is 1. The van der Waals surface area contributed by atoms with Crippen molar-refractivity contribution < 1.29 is 14.3 Å². The number of hydrogen-bond donors (Lipinski definition) is 0. The topological polar surface area (TPSA) is 35.5 Å². The molecule has 0 heterocycles. The number of rotatable bonds is 4. The van der Waals surface area contributed by atoms with Crippen LogP contribution >= 0.6 is 0 Å². The Kier molecular flexibility index (Phi) is 6.04. The lowest BCUT2D eigenvalue weighted by Gasteiger charge is -2.28. The van der Waals surface area contributed by atoms with Gasteiger partial charge < -0.3 is 9.47 Å². The molecule has 0 aliphatic heterocycles. The van der Waals surface area contributed by atoms with E-state index >= 15 is 0 Å². The second-order valence-corrected chi connectivity index (χ2v) is 7.73. The average Bonchev–Trinajstić information content (AvgIpc) is 2.42. The van der Waals surface area contributed by atoms with E-state index in [9.17, 15) is 4.79 Å². The monoisotopic (exact) mass is 318 g/mol. The molecule has 0 spiro atoms. The zero-order valence-corrected chi connectivity index (χ0v) is 15.7. The Bertz CT molecular complexity index is 584. The number of benzene rings is 1. The highest BCUT2D eigenvalue weighted by atomic mass is 16.5. The molecular formula is C20H30O3. The minimum absolute atomic E-state index is 0.0127. The summed E-state index contributed by atoms with van der Waals surface area (Å²) in [4.78, 5) is 11.6. The van der Waals surface area contributed by atoms with Crippen molar-refractivity contribution in [2.75, 3.05) is 13.7 Å². The van der Waals surface area contributed by atoms with Crippen LogP contribution in [0.15, 0.2) is 18.2 Å². The molecule has 0 fully saturated rings. The van der Waals surface area contributed by atoms with E-state index in [0.717, 1.165) is 16.9 Å². The zero-order valence-electron chi connectivity index (χ0n) is 15.7. The molecule has 0 radical (unpaired) electrons. The van der Waals surface area contributed by atoms with Crippen LogP contribution in [0.5, 0.6) is 5.75 Å². The van der Waals surface area contributed by atoms with Crippen molar-refractivity contribution in [3.05, 3.63) is 34.9 Å². The Hall–Kier alpha value is -1.77. The highest BCUT2D eigenvalue weighted by molar-refractivity contribution is 5.87. The number of carbonyl (C=O) groups is 1. The molecule has 0 N–H and O–H groups in total. The summed E-state index contributed by atoms with van der Waals surface area (Å²) in [6.07, 6.45) is 3.24. The van der Waals surface area contributed by atoms with Crippen molar-refractivity contribution in [2.24, 2.45) is 0 Å². The summed E-state index contributed by atoms with van der Waals surface area (Å²) in [6, 6.07) is 4.30. The van der Waals surface area contributed by atoms with Gasteiger partial charge in [-0.1, -0.05) is 47.6 Å². The molecule has 1 aromatic rings. The van der Waals surface area contributed by atoms with E-state index in [0.29, 0.717) is 6.61 Å². The van der Waals surface area contributed by atoms with Gasteiger partial charge in [-0.2, -0.15) is 0 Å². The first kappa shape index (κ1) is 19.3. The first-order valence-electron chi connectivity index (χ1n) is 8.08. The Balaban J connectivity index is 3.50. The Labute approximate surface area is 140 Å². The van der Waals surface area contributed by atoms with Gasteiger partial charge in [-0.3, -0.25) is 0 Å². The van der Waals surface area contributed by atoms with Crippen LogP contribution in [0.3, 0.4) is 0 Å². The fourth-order valence-electron chi connectivity index (χ4n) is 2.34. The lowest BCUT2D eigenvalue weighted by molar-refractivity contribution is -0.137. The van der Waals surface area contributed by atoms with Gasteiger partial charge in [-0.25, -0.2) is 4.79 Å². The highest BCUT2D eigenvalue weighted by Crippen LogP contribution is 2.38. The van der Waals surface area contributed by atoms with E-state index in [4.69, 9.17) is 9.47 Å². The summed E-state index contributed by atoms with van der Waals surface area (Å²) in [5, 5.41) is 0. The molecule has 0 aliphatic carbocycles. The normalized spacial score (nSPS) is 12.5. The largest absolute Gasteiger partial charge is 0.496 e. The van der Waals surface area contributed by atoms with E-state index in [1.165, 1.54) is 11.6 Å². The Morgan fingerprint density at radius 1 is 1.09 bits per heavy atom. The molecule has 3 heteroatoms. The molecule has 0 saturated carbocycles. The molecule has 0 unspecified atom stereocenters. The third-order valence-corrected chi connectivity index (χ3v) is 3.68. The van der Waals surface area contributed by atoms with Gasteiger partial charge in [0.15, 0.2) is 0 Å². The van der Waals surface area contributed by atoms with Gasteiger partial charge in [0, 0.05) is 17.2 Å². The molecule has 0 bridgehead atoms. The fourth-order valence-corrected chi connectivity index (χ4v) is 2.34. The van der Waals surface area contributed by atoms with Crippen LogP contribution in [-0.2, 0) is 20.4 Å². The third-order valence-electron chi connectivity index (χ3n) is 3.68. The van der Waals surface area contributed by atoms with Gasteiger partial charge in [-0.05, 0) is 35.5 Å². The van der Waals surface area contributed by atoms with Crippen molar-refractivity contribution in [1.82, 2.24) is 0 Å². The smallest absolute Gasteiger partial charge is 0.330 e. The van der Waals surface area contributed by atoms with E-state index in [-0.39, 0.29) is 16.8 Å². The molecule has 1 aromatic carbocycles. The summed E-state index contributed by atoms with van der Waals surface area (Å²) in [5.74, 6) is 0.471. The number of hydrogen-bond acceptors (Lipinski definition) is 3. The molecule has 0 aromatic heterocycles. The third kappa shape index (κ3) is 5.12. The Morgan fingerprint density at radius 3 is 2.13 bits per heavy atom. The molecule has 23 heavy (non-hydrogen) atoms. The van der Waals surface area contributed by atoms with Crippen LogP contribution in [0, 0.1) is 0 Å². The minimum Gasteiger partial charge on any atom is -0.496 e.